The molecule has 0 aromatic carbocycles. The second-order valence-electron chi connectivity index (χ2n) is 0.708. The molecule has 0 aliphatic rings. The zero-order valence-corrected chi connectivity index (χ0v) is 7.71. The van der Waals surface area contributed by atoms with E-state index in [4.69, 9.17) is 23.9 Å². The minimum absolute atomic E-state index is 0. The largest absolute Gasteiger partial charge is 1.00 e. The van der Waals surface area contributed by atoms with Crippen LogP contribution < -0.4 is 43.5 Å². The molecule has 0 unspecified atom stereocenters. The van der Waals surface area contributed by atoms with Crippen LogP contribution in [0.25, 0.3) is 0 Å². The molecule has 5 nitrogen and oxygen atoms in total. The van der Waals surface area contributed by atoms with E-state index in [0.717, 1.165) is 6.92 Å². The summed E-state index contributed by atoms with van der Waals surface area (Å²) < 4.78 is 25.2. The van der Waals surface area contributed by atoms with E-state index in [2.05, 4.69) is 0 Å². The van der Waals surface area contributed by atoms with Crippen LogP contribution in [0.2, 0.25) is 0 Å². The molecule has 0 radical (unpaired) electrons. The Morgan fingerprint density at radius 3 is 1.44 bits per heavy atom. The van der Waals surface area contributed by atoms with E-state index in [1.54, 1.807) is 0 Å². The van der Waals surface area contributed by atoms with Gasteiger partial charge in [-0.25, -0.2) is 0 Å². The Kier molecular flexibility index (Phi) is 20.7. The molecular formula is C2H4ClNaO5. The number of rotatable bonds is 0. The topological polar surface area (TPSA) is 106 Å². The van der Waals surface area contributed by atoms with Crippen molar-refractivity contribution >= 4 is 5.97 Å². The third-order valence-electron chi connectivity index (χ3n) is 0. The van der Waals surface area contributed by atoms with Crippen LogP contribution in [-0.2, 0) is 4.79 Å². The predicted molar refractivity (Wildman–Crippen MR) is 13.3 cm³/mol. The Labute approximate surface area is 77.0 Å². The first-order chi connectivity index (χ1) is 3.46. The Hall–Kier alpha value is 0.640. The van der Waals surface area contributed by atoms with Gasteiger partial charge in [0.05, 0.1) is 10.8 Å². The second-order valence-corrected chi connectivity index (χ2v) is 1.09. The van der Waals surface area contributed by atoms with E-state index < -0.39 is 16.8 Å². The van der Waals surface area contributed by atoms with Gasteiger partial charge in [0.25, 0.3) is 5.97 Å². The predicted octanol–water partition coefficient (Wildman–Crippen LogP) is -6.47. The normalized spacial score (nSPS) is 6.78. The van der Waals surface area contributed by atoms with E-state index in [-0.39, 0.29) is 29.6 Å². The monoisotopic (exact) mass is 166 g/mol. The van der Waals surface area contributed by atoms with Crippen molar-refractivity contribution in [2.24, 2.45) is 0 Å². The minimum atomic E-state index is -2.85. The molecular weight excluding hydrogens is 162 g/mol. The average Bonchev–Trinajstić information content (AvgIpc) is 1.25. The first-order valence-corrected chi connectivity index (χ1v) is 2.32. The van der Waals surface area contributed by atoms with Gasteiger partial charge in [-0.3, -0.25) is 4.79 Å². The van der Waals surface area contributed by atoms with E-state index in [0.29, 0.717) is 0 Å². The molecule has 0 spiro atoms. The summed E-state index contributed by atoms with van der Waals surface area (Å²) in [5.74, 6) is -0.833. The van der Waals surface area contributed by atoms with Gasteiger partial charge in [0, 0.05) is 6.92 Å². The van der Waals surface area contributed by atoms with Crippen molar-refractivity contribution in [2.75, 3.05) is 0 Å². The summed E-state index contributed by atoms with van der Waals surface area (Å²) in [5.41, 5.74) is 0. The first-order valence-electron chi connectivity index (χ1n) is 1.39. The zero-order chi connectivity index (χ0) is 7.15. The maximum absolute atomic E-state index is 9.00. The number of carbonyl (C=O) groups is 1. The van der Waals surface area contributed by atoms with Gasteiger partial charge in [0.1, 0.15) is 0 Å². The number of aliphatic carboxylic acids is 1. The summed E-state index contributed by atoms with van der Waals surface area (Å²) in [5, 5.41) is 7.42. The summed E-state index contributed by atoms with van der Waals surface area (Å²) in [6.07, 6.45) is 0. The molecule has 9 heavy (non-hydrogen) atoms. The molecule has 0 atom stereocenters. The van der Waals surface area contributed by atoms with Crippen molar-refractivity contribution < 1.29 is 64.2 Å². The van der Waals surface area contributed by atoms with Gasteiger partial charge in [-0.05, 0) is 0 Å². The van der Waals surface area contributed by atoms with Gasteiger partial charge >= 0.3 is 29.6 Å². The van der Waals surface area contributed by atoms with Gasteiger partial charge in [-0.15, -0.1) is 0 Å². The molecule has 0 saturated heterocycles. The molecule has 0 rings (SSSR count). The maximum Gasteiger partial charge on any atom is 1.00 e. The standard InChI is InChI=1S/C2H4O2.ClO3.Na/c1-2(3)4;2-1(3)4;/h1H3,(H,3,4);;/q;-1;+1. The summed E-state index contributed by atoms with van der Waals surface area (Å²) in [6.45, 7) is 1.08. The van der Waals surface area contributed by atoms with Crippen LogP contribution in [0, 0.1) is 10.8 Å². The number of hydrogen-bond donors (Lipinski definition) is 1. The van der Waals surface area contributed by atoms with Crippen LogP contribution in [0.5, 0.6) is 0 Å². The molecule has 1 N–H and O–H groups in total. The molecule has 0 aliphatic carbocycles. The van der Waals surface area contributed by atoms with Crippen LogP contribution in [0.4, 0.5) is 0 Å². The third-order valence-corrected chi connectivity index (χ3v) is 0. The molecule has 50 valence electrons. The van der Waals surface area contributed by atoms with Crippen LogP contribution in [0.3, 0.4) is 0 Å². The average molecular weight is 166 g/mol. The van der Waals surface area contributed by atoms with Crippen molar-refractivity contribution in [3.63, 3.8) is 0 Å². The van der Waals surface area contributed by atoms with Crippen molar-refractivity contribution in [2.45, 2.75) is 6.92 Å². The van der Waals surface area contributed by atoms with Crippen molar-refractivity contribution in [3.05, 3.63) is 0 Å². The van der Waals surface area contributed by atoms with Crippen molar-refractivity contribution in [3.8, 4) is 0 Å². The fraction of sp³-hybridized carbons (Fsp3) is 0.500. The molecule has 0 saturated carbocycles. The molecule has 0 amide bonds. The Morgan fingerprint density at radius 2 is 1.44 bits per heavy atom. The molecule has 0 bridgehead atoms. The van der Waals surface area contributed by atoms with Gasteiger partial charge in [-0.2, -0.15) is 0 Å². The second kappa shape index (κ2) is 11.4. The van der Waals surface area contributed by atoms with Gasteiger partial charge < -0.3 is 19.1 Å². The zero-order valence-electron chi connectivity index (χ0n) is 4.96. The molecule has 7 heteroatoms. The smallest absolute Gasteiger partial charge is 0.481 e. The van der Waals surface area contributed by atoms with Crippen molar-refractivity contribution in [1.29, 1.82) is 0 Å². The van der Waals surface area contributed by atoms with Crippen LogP contribution in [0.1, 0.15) is 6.92 Å². The Balaban J connectivity index is -0.0000000720. The van der Waals surface area contributed by atoms with Crippen molar-refractivity contribution in [1.82, 2.24) is 0 Å². The van der Waals surface area contributed by atoms with Crippen LogP contribution in [-0.4, -0.2) is 11.1 Å². The summed E-state index contributed by atoms with van der Waals surface area (Å²) in [4.78, 5) is 9.00. The van der Waals surface area contributed by atoms with Gasteiger partial charge in [-0.1, -0.05) is 0 Å². The fourth-order valence-corrected chi connectivity index (χ4v) is 0. The maximum atomic E-state index is 9.00. The summed E-state index contributed by atoms with van der Waals surface area (Å²) in [7, 11) is -2.85. The van der Waals surface area contributed by atoms with E-state index in [9.17, 15) is 0 Å². The Bertz CT molecular complexity index is 59.2. The van der Waals surface area contributed by atoms with E-state index in [1.165, 1.54) is 0 Å². The third kappa shape index (κ3) is 930. The number of hydrogen-bond acceptors (Lipinski definition) is 4. The quantitative estimate of drug-likeness (QED) is 0.360. The SMILES string of the molecule is CC(=O)O.[Na+].[O-][Cl+2]([O-])[O-]. The summed E-state index contributed by atoms with van der Waals surface area (Å²) in [6, 6.07) is 0. The molecule has 0 heterocycles. The van der Waals surface area contributed by atoms with Crippen LogP contribution >= 0.6 is 0 Å². The van der Waals surface area contributed by atoms with E-state index >= 15 is 0 Å². The first kappa shape index (κ1) is 16.3. The minimum Gasteiger partial charge on any atom is -0.481 e. The molecule has 0 aromatic heterocycles. The van der Waals surface area contributed by atoms with Gasteiger partial charge in [0.2, 0.25) is 0 Å². The van der Waals surface area contributed by atoms with E-state index in [1.807, 2.05) is 0 Å². The fourth-order valence-electron chi connectivity index (χ4n) is 0. The molecule has 0 fully saturated rings. The molecule has 0 aliphatic heterocycles. The number of carboxylic acids is 1. The molecule has 0 aromatic rings. The van der Waals surface area contributed by atoms with Crippen LogP contribution in [0.15, 0.2) is 0 Å². The Morgan fingerprint density at radius 1 is 1.44 bits per heavy atom. The van der Waals surface area contributed by atoms with Gasteiger partial charge in [0.15, 0.2) is 0 Å². The summed E-state index contributed by atoms with van der Waals surface area (Å²) >= 11 is 0. The number of carboxylic acid groups (broad SMARTS) is 1. The number of halogens is 1.